The lowest BCUT2D eigenvalue weighted by molar-refractivity contribution is 0.244. The van der Waals surface area contributed by atoms with Crippen molar-refractivity contribution >= 4 is 11.5 Å². The molecule has 1 aliphatic rings. The Morgan fingerprint density at radius 2 is 2.35 bits per heavy atom. The molecule has 1 heterocycles. The molecule has 4 N–H and O–H groups in total. The summed E-state index contributed by atoms with van der Waals surface area (Å²) in [7, 11) is 1.64. The highest BCUT2D eigenvalue weighted by Gasteiger charge is 2.22. The molecule has 0 bridgehead atoms. The number of nitrogens with zero attached hydrogens (tertiary/aromatic N) is 1. The number of benzene rings is 1. The zero-order chi connectivity index (χ0) is 14.5. The fourth-order valence-electron chi connectivity index (χ4n) is 2.83. The Kier molecular flexibility index (Phi) is 4.84. The third-order valence-electron chi connectivity index (χ3n) is 3.89. The molecule has 2 rings (SSSR count). The summed E-state index contributed by atoms with van der Waals surface area (Å²) < 4.78 is 5.28. The van der Waals surface area contributed by atoms with E-state index >= 15 is 0 Å². The van der Waals surface area contributed by atoms with Gasteiger partial charge in [0, 0.05) is 31.3 Å². The number of nitrogens with one attached hydrogen (secondary N) is 1. The van der Waals surface area contributed by atoms with Crippen molar-refractivity contribution in [2.24, 2.45) is 11.7 Å². The molecule has 0 radical (unpaired) electrons. The van der Waals surface area contributed by atoms with Crippen LogP contribution in [0.15, 0.2) is 18.2 Å². The Morgan fingerprint density at radius 1 is 1.55 bits per heavy atom. The molecule has 1 fully saturated rings. The predicted molar refractivity (Wildman–Crippen MR) is 80.6 cm³/mol. The van der Waals surface area contributed by atoms with E-state index in [0.29, 0.717) is 5.92 Å². The second-order valence-corrected chi connectivity index (χ2v) is 5.26. The highest BCUT2D eigenvalue weighted by atomic mass is 16.5. The summed E-state index contributed by atoms with van der Waals surface area (Å²) in [5, 5.41) is 16.8. The molecule has 110 valence electrons. The molecule has 0 aromatic heterocycles. The SMILES string of the molecule is COc1ccc(C(=N)N)c(N2CCCC(CCO)C2)c1. The maximum atomic E-state index is 9.11. The van der Waals surface area contributed by atoms with Crippen LogP contribution in [0.2, 0.25) is 0 Å². The first-order valence-electron chi connectivity index (χ1n) is 7.04. The van der Waals surface area contributed by atoms with Crippen LogP contribution in [0, 0.1) is 11.3 Å². The van der Waals surface area contributed by atoms with E-state index in [-0.39, 0.29) is 12.4 Å². The van der Waals surface area contributed by atoms with Crippen molar-refractivity contribution < 1.29 is 9.84 Å². The highest BCUT2D eigenvalue weighted by Crippen LogP contribution is 2.30. The lowest BCUT2D eigenvalue weighted by atomic mass is 9.94. The number of aliphatic hydroxyl groups excluding tert-OH is 1. The second-order valence-electron chi connectivity index (χ2n) is 5.26. The fraction of sp³-hybridized carbons (Fsp3) is 0.533. The smallest absolute Gasteiger partial charge is 0.124 e. The number of ether oxygens (including phenoxy) is 1. The maximum Gasteiger partial charge on any atom is 0.124 e. The summed E-state index contributed by atoms with van der Waals surface area (Å²) in [5.41, 5.74) is 7.39. The number of amidine groups is 1. The van der Waals surface area contributed by atoms with Gasteiger partial charge in [-0.2, -0.15) is 0 Å². The lowest BCUT2D eigenvalue weighted by Gasteiger charge is -2.35. The molecule has 20 heavy (non-hydrogen) atoms. The number of hydrogen-bond donors (Lipinski definition) is 3. The zero-order valence-electron chi connectivity index (χ0n) is 11.9. The van der Waals surface area contributed by atoms with Crippen molar-refractivity contribution in [3.05, 3.63) is 23.8 Å². The number of rotatable bonds is 5. The molecule has 1 aromatic carbocycles. The van der Waals surface area contributed by atoms with Gasteiger partial charge in [-0.1, -0.05) is 0 Å². The molecular weight excluding hydrogens is 254 g/mol. The van der Waals surface area contributed by atoms with Crippen LogP contribution in [0.3, 0.4) is 0 Å². The number of nitrogens with two attached hydrogens (primary N) is 1. The number of anilines is 1. The molecule has 0 aliphatic carbocycles. The zero-order valence-corrected chi connectivity index (χ0v) is 11.9. The van der Waals surface area contributed by atoms with Gasteiger partial charge in [-0.3, -0.25) is 5.41 Å². The first kappa shape index (κ1) is 14.7. The van der Waals surface area contributed by atoms with Gasteiger partial charge in [0.1, 0.15) is 11.6 Å². The van der Waals surface area contributed by atoms with Crippen molar-refractivity contribution in [3.63, 3.8) is 0 Å². The van der Waals surface area contributed by atoms with Crippen molar-refractivity contribution in [2.75, 3.05) is 31.7 Å². The average Bonchev–Trinajstić information content (AvgIpc) is 2.47. The lowest BCUT2D eigenvalue weighted by Crippen LogP contribution is -2.37. The van der Waals surface area contributed by atoms with Crippen molar-refractivity contribution in [1.29, 1.82) is 5.41 Å². The van der Waals surface area contributed by atoms with Gasteiger partial charge in [0.05, 0.1) is 12.8 Å². The first-order chi connectivity index (χ1) is 9.65. The second kappa shape index (κ2) is 6.61. The van der Waals surface area contributed by atoms with Gasteiger partial charge in [-0.25, -0.2) is 0 Å². The molecule has 1 atom stereocenters. The van der Waals surface area contributed by atoms with Crippen LogP contribution in [0.5, 0.6) is 5.75 Å². The van der Waals surface area contributed by atoms with Crippen molar-refractivity contribution in [2.45, 2.75) is 19.3 Å². The van der Waals surface area contributed by atoms with Gasteiger partial charge in [-0.05, 0) is 37.3 Å². The fourth-order valence-corrected chi connectivity index (χ4v) is 2.83. The summed E-state index contributed by atoms with van der Waals surface area (Å²) in [6.07, 6.45) is 3.07. The van der Waals surface area contributed by atoms with Crippen LogP contribution >= 0.6 is 0 Å². The summed E-state index contributed by atoms with van der Waals surface area (Å²) >= 11 is 0. The van der Waals surface area contributed by atoms with E-state index < -0.39 is 0 Å². The normalized spacial score (nSPS) is 18.9. The van der Waals surface area contributed by atoms with Gasteiger partial charge in [0.2, 0.25) is 0 Å². The summed E-state index contributed by atoms with van der Waals surface area (Å²) in [6.45, 7) is 2.08. The molecule has 0 amide bonds. The largest absolute Gasteiger partial charge is 0.497 e. The van der Waals surface area contributed by atoms with Crippen molar-refractivity contribution in [3.8, 4) is 5.75 Å². The predicted octanol–water partition coefficient (Wildman–Crippen LogP) is 1.58. The standard InChI is InChI=1S/C15H23N3O2/c1-20-12-4-5-13(15(16)17)14(9-12)18-7-2-3-11(10-18)6-8-19/h4-5,9,11,19H,2-3,6-8,10H2,1H3,(H3,16,17). The van der Waals surface area contributed by atoms with Gasteiger partial charge in [0.15, 0.2) is 0 Å². The van der Waals surface area contributed by atoms with Gasteiger partial charge in [0.25, 0.3) is 0 Å². The van der Waals surface area contributed by atoms with Crippen LogP contribution in [-0.4, -0.2) is 37.7 Å². The number of methoxy groups -OCH3 is 1. The topological polar surface area (TPSA) is 82.6 Å². The Hall–Kier alpha value is -1.75. The summed E-state index contributed by atoms with van der Waals surface area (Å²) in [4.78, 5) is 2.25. The summed E-state index contributed by atoms with van der Waals surface area (Å²) in [5.74, 6) is 1.35. The van der Waals surface area contributed by atoms with Gasteiger partial charge < -0.3 is 20.5 Å². The Balaban J connectivity index is 2.27. The summed E-state index contributed by atoms with van der Waals surface area (Å²) in [6, 6.07) is 5.61. The molecular formula is C15H23N3O2. The van der Waals surface area contributed by atoms with E-state index in [1.165, 1.54) is 0 Å². The highest BCUT2D eigenvalue weighted by molar-refractivity contribution is 6.00. The number of piperidine rings is 1. The Morgan fingerprint density at radius 3 is 3.00 bits per heavy atom. The molecule has 0 spiro atoms. The molecule has 0 saturated carbocycles. The number of hydrogen-bond acceptors (Lipinski definition) is 4. The van der Waals surface area contributed by atoms with E-state index in [1.54, 1.807) is 7.11 Å². The first-order valence-corrected chi connectivity index (χ1v) is 7.04. The average molecular weight is 277 g/mol. The Labute approximate surface area is 119 Å². The van der Waals surface area contributed by atoms with Crippen LogP contribution in [0.1, 0.15) is 24.8 Å². The molecule has 1 unspecified atom stereocenters. The monoisotopic (exact) mass is 277 g/mol. The molecule has 5 nitrogen and oxygen atoms in total. The van der Waals surface area contributed by atoms with Gasteiger partial charge in [-0.15, -0.1) is 0 Å². The molecule has 1 aromatic rings. The van der Waals surface area contributed by atoms with E-state index in [2.05, 4.69) is 4.90 Å². The van der Waals surface area contributed by atoms with Crippen LogP contribution in [0.4, 0.5) is 5.69 Å². The van der Waals surface area contributed by atoms with Crippen LogP contribution < -0.4 is 15.4 Å². The third-order valence-corrected chi connectivity index (χ3v) is 3.89. The molecule has 1 saturated heterocycles. The molecule has 1 aliphatic heterocycles. The minimum Gasteiger partial charge on any atom is -0.497 e. The van der Waals surface area contributed by atoms with E-state index in [4.69, 9.17) is 21.0 Å². The van der Waals surface area contributed by atoms with Crippen LogP contribution in [0.25, 0.3) is 0 Å². The van der Waals surface area contributed by atoms with Crippen molar-refractivity contribution in [1.82, 2.24) is 0 Å². The maximum absolute atomic E-state index is 9.11. The molecule has 5 heteroatoms. The Bertz CT molecular complexity index is 474. The van der Waals surface area contributed by atoms with E-state index in [0.717, 1.165) is 49.4 Å². The third kappa shape index (κ3) is 3.22. The minimum absolute atomic E-state index is 0.0759. The van der Waals surface area contributed by atoms with E-state index in [1.807, 2.05) is 18.2 Å². The number of nitrogen functional groups attached to an aromatic ring is 1. The van der Waals surface area contributed by atoms with E-state index in [9.17, 15) is 0 Å². The number of aliphatic hydroxyl groups is 1. The minimum atomic E-state index is 0.0759. The van der Waals surface area contributed by atoms with Crippen LogP contribution in [-0.2, 0) is 0 Å². The van der Waals surface area contributed by atoms with Gasteiger partial charge >= 0.3 is 0 Å². The quantitative estimate of drug-likeness (QED) is 0.563.